The zero-order chi connectivity index (χ0) is 25.6. The van der Waals surface area contributed by atoms with Crippen molar-refractivity contribution in [1.82, 2.24) is 24.7 Å². The van der Waals surface area contributed by atoms with Crippen molar-refractivity contribution >= 4 is 38.5 Å². The summed E-state index contributed by atoms with van der Waals surface area (Å²) in [6.07, 6.45) is 3.42. The molecule has 0 saturated heterocycles. The van der Waals surface area contributed by atoms with Crippen LogP contribution in [0.4, 0.5) is 17.5 Å². The number of nitrogen functional groups attached to an aromatic ring is 2. The number of rotatable bonds is 5. The number of nitrogens with two attached hydrogens (primary N) is 2. The van der Waals surface area contributed by atoms with Gasteiger partial charge in [-0.05, 0) is 36.2 Å². The molecule has 0 amide bonds. The first-order valence-electron chi connectivity index (χ1n) is 11.5. The first-order valence-corrected chi connectivity index (χ1v) is 12.9. The summed E-state index contributed by atoms with van der Waals surface area (Å²) >= 11 is 0. The van der Waals surface area contributed by atoms with E-state index in [9.17, 15) is 8.42 Å². The molecule has 0 spiro atoms. The van der Waals surface area contributed by atoms with Crippen LogP contribution in [-0.4, -0.2) is 39.7 Å². The Labute approximate surface area is 212 Å². The number of benzene rings is 2. The van der Waals surface area contributed by atoms with Gasteiger partial charge < -0.3 is 16.2 Å². The quantitative estimate of drug-likeness (QED) is 0.360. The molecule has 11 nitrogen and oxygen atoms in total. The van der Waals surface area contributed by atoms with Gasteiger partial charge >= 0.3 is 0 Å². The summed E-state index contributed by atoms with van der Waals surface area (Å²) < 4.78 is 36.5. The molecule has 0 bridgehead atoms. The van der Waals surface area contributed by atoms with Gasteiger partial charge in [-0.15, -0.1) is 0 Å². The first-order chi connectivity index (χ1) is 17.9. The predicted molar refractivity (Wildman–Crippen MR) is 139 cm³/mol. The smallest absolute Gasteiger partial charge is 0.265 e. The van der Waals surface area contributed by atoms with Crippen LogP contribution in [0, 0.1) is 0 Å². The molecule has 37 heavy (non-hydrogen) atoms. The van der Waals surface area contributed by atoms with E-state index in [4.69, 9.17) is 16.2 Å². The summed E-state index contributed by atoms with van der Waals surface area (Å²) in [6, 6.07) is 19.2. The molecule has 0 radical (unpaired) electrons. The van der Waals surface area contributed by atoms with Crippen molar-refractivity contribution in [2.75, 3.05) is 22.3 Å². The Hall–Kier alpha value is -4.71. The number of fused-ring (bicyclic) bond motifs is 2. The second-order valence-corrected chi connectivity index (χ2v) is 10.4. The number of para-hydroxylation sites is 2. The summed E-state index contributed by atoms with van der Waals surface area (Å²) in [4.78, 5) is 12.6. The van der Waals surface area contributed by atoms with Crippen LogP contribution >= 0.6 is 0 Å². The molecule has 2 aromatic carbocycles. The molecule has 1 aliphatic heterocycles. The van der Waals surface area contributed by atoms with E-state index in [1.54, 1.807) is 29.1 Å². The van der Waals surface area contributed by atoms with Crippen molar-refractivity contribution in [3.05, 3.63) is 84.7 Å². The van der Waals surface area contributed by atoms with Crippen LogP contribution in [0.1, 0.15) is 11.6 Å². The topological polar surface area (TPSA) is 155 Å². The van der Waals surface area contributed by atoms with E-state index >= 15 is 0 Å². The minimum absolute atomic E-state index is 0.0244. The van der Waals surface area contributed by atoms with Gasteiger partial charge in [-0.1, -0.05) is 36.4 Å². The SMILES string of the molecule is Nc1nc(N)c2cnn(C3Cc4ccccc4N(S(=O)(=O)c4ccc(Oc5ccccc5)nc4)C3)c2n1. The summed E-state index contributed by atoms with van der Waals surface area (Å²) in [7, 11) is -3.97. The van der Waals surface area contributed by atoms with Gasteiger partial charge in [-0.3, -0.25) is 4.31 Å². The molecule has 4 N–H and O–H groups in total. The molecule has 0 aliphatic carbocycles. The van der Waals surface area contributed by atoms with Gasteiger partial charge in [0.25, 0.3) is 10.0 Å². The number of ether oxygens (including phenoxy) is 1. The fraction of sp³-hybridized carbons (Fsp3) is 0.120. The third kappa shape index (κ3) is 4.06. The molecule has 1 unspecified atom stereocenters. The normalized spacial score (nSPS) is 15.5. The van der Waals surface area contributed by atoms with Crippen molar-refractivity contribution in [2.24, 2.45) is 0 Å². The van der Waals surface area contributed by atoms with Crippen molar-refractivity contribution < 1.29 is 13.2 Å². The molecule has 1 aliphatic rings. The van der Waals surface area contributed by atoms with E-state index in [0.29, 0.717) is 34.8 Å². The second-order valence-electron chi connectivity index (χ2n) is 8.56. The average Bonchev–Trinajstić information content (AvgIpc) is 3.33. The lowest BCUT2D eigenvalue weighted by atomic mass is 10.00. The maximum absolute atomic E-state index is 13.9. The molecule has 12 heteroatoms. The van der Waals surface area contributed by atoms with Gasteiger partial charge in [-0.2, -0.15) is 15.1 Å². The van der Waals surface area contributed by atoms with Gasteiger partial charge in [0.05, 0.1) is 36.1 Å². The summed E-state index contributed by atoms with van der Waals surface area (Å²) in [6.45, 7) is 0.127. The van der Waals surface area contributed by atoms with Crippen molar-refractivity contribution in [1.29, 1.82) is 0 Å². The van der Waals surface area contributed by atoms with E-state index in [2.05, 4.69) is 20.1 Å². The zero-order valence-corrected chi connectivity index (χ0v) is 20.3. The minimum Gasteiger partial charge on any atom is -0.439 e. The number of nitrogens with zero attached hydrogens (tertiary/aromatic N) is 6. The van der Waals surface area contributed by atoms with Crippen LogP contribution in [0.3, 0.4) is 0 Å². The molecule has 0 saturated carbocycles. The van der Waals surface area contributed by atoms with Crippen LogP contribution in [-0.2, 0) is 16.4 Å². The first kappa shape index (κ1) is 22.7. The molecular weight excluding hydrogens is 492 g/mol. The van der Waals surface area contributed by atoms with Crippen LogP contribution in [0.2, 0.25) is 0 Å². The fourth-order valence-electron chi connectivity index (χ4n) is 4.47. The van der Waals surface area contributed by atoms with Crippen LogP contribution < -0.4 is 20.5 Å². The third-order valence-electron chi connectivity index (χ3n) is 6.20. The Morgan fingerprint density at radius 1 is 0.919 bits per heavy atom. The number of hydrogen-bond donors (Lipinski definition) is 2. The van der Waals surface area contributed by atoms with Gasteiger partial charge in [-0.25, -0.2) is 18.1 Å². The lowest BCUT2D eigenvalue weighted by molar-refractivity contribution is 0.455. The Morgan fingerprint density at radius 2 is 1.70 bits per heavy atom. The number of aromatic nitrogens is 5. The highest BCUT2D eigenvalue weighted by molar-refractivity contribution is 7.92. The summed E-state index contributed by atoms with van der Waals surface area (Å²) in [5.74, 6) is 1.14. The zero-order valence-electron chi connectivity index (χ0n) is 19.5. The van der Waals surface area contributed by atoms with Gasteiger partial charge in [0.15, 0.2) is 5.65 Å². The van der Waals surface area contributed by atoms with Gasteiger partial charge in [0.2, 0.25) is 11.8 Å². The van der Waals surface area contributed by atoms with E-state index in [-0.39, 0.29) is 29.2 Å². The maximum Gasteiger partial charge on any atom is 0.265 e. The van der Waals surface area contributed by atoms with Crippen LogP contribution in [0.5, 0.6) is 11.6 Å². The largest absolute Gasteiger partial charge is 0.439 e. The standard InChI is InChI=1S/C25H22N8O3S/c26-23-20-14-29-33(24(20)31-25(27)30-23)17-12-16-6-4-5-9-21(16)32(15-17)37(34,35)19-10-11-22(28-13-19)36-18-7-2-1-3-8-18/h1-11,13-14,17H,12,15H2,(H4,26,27,30,31). The summed E-state index contributed by atoms with van der Waals surface area (Å²) in [5.41, 5.74) is 13.7. The molecule has 3 aromatic heterocycles. The highest BCUT2D eigenvalue weighted by atomic mass is 32.2. The summed E-state index contributed by atoms with van der Waals surface area (Å²) in [5, 5.41) is 5.02. The number of sulfonamides is 1. The number of pyridine rings is 1. The van der Waals surface area contributed by atoms with Crippen LogP contribution in [0.25, 0.3) is 11.0 Å². The van der Waals surface area contributed by atoms with E-state index in [1.165, 1.54) is 22.6 Å². The lowest BCUT2D eigenvalue weighted by Gasteiger charge is -2.35. The van der Waals surface area contributed by atoms with Gasteiger partial charge in [0, 0.05) is 6.07 Å². The Morgan fingerprint density at radius 3 is 2.49 bits per heavy atom. The average molecular weight is 515 g/mol. The predicted octanol–water partition coefficient (Wildman–Crippen LogP) is 3.17. The lowest BCUT2D eigenvalue weighted by Crippen LogP contribution is -2.41. The molecule has 5 aromatic rings. The van der Waals surface area contributed by atoms with E-state index < -0.39 is 10.0 Å². The monoisotopic (exact) mass is 514 g/mol. The Balaban J connectivity index is 1.36. The molecule has 4 heterocycles. The minimum atomic E-state index is -3.97. The second kappa shape index (κ2) is 8.75. The molecule has 1 atom stereocenters. The Bertz CT molecular complexity index is 1710. The van der Waals surface area contributed by atoms with E-state index in [0.717, 1.165) is 5.56 Å². The highest BCUT2D eigenvalue weighted by Gasteiger charge is 2.35. The van der Waals surface area contributed by atoms with E-state index in [1.807, 2.05) is 36.4 Å². The fourth-order valence-corrected chi connectivity index (χ4v) is 5.96. The molecular formula is C25H22N8O3S. The molecule has 6 rings (SSSR count). The van der Waals surface area contributed by atoms with Crippen molar-refractivity contribution in [3.63, 3.8) is 0 Å². The van der Waals surface area contributed by atoms with Gasteiger partial charge in [0.1, 0.15) is 16.5 Å². The van der Waals surface area contributed by atoms with Crippen molar-refractivity contribution in [2.45, 2.75) is 17.4 Å². The maximum atomic E-state index is 13.9. The van der Waals surface area contributed by atoms with Crippen LogP contribution in [0.15, 0.2) is 84.0 Å². The number of anilines is 3. The molecule has 186 valence electrons. The Kier molecular flexibility index (Phi) is 5.37. The third-order valence-corrected chi connectivity index (χ3v) is 7.96. The highest BCUT2D eigenvalue weighted by Crippen LogP contribution is 2.37. The van der Waals surface area contributed by atoms with Crippen molar-refractivity contribution in [3.8, 4) is 11.6 Å². The number of hydrogen-bond acceptors (Lipinski definition) is 9. The molecule has 0 fully saturated rings.